The van der Waals surface area contributed by atoms with Crippen molar-refractivity contribution in [3.63, 3.8) is 0 Å². The molecule has 7 nitrogen and oxygen atoms in total. The zero-order chi connectivity index (χ0) is 16.0. The standard InChI is InChI=1S/C14H12N3O4P/c1-15-11-5-3-9(16(18)19)7-13(11)22(2)14-8-10(17(20)21)4-6-12(14)15/h3-8H,1-2H3. The fourth-order valence-electron chi connectivity index (χ4n) is 2.61. The van der Waals surface area contributed by atoms with Crippen LogP contribution in [0.1, 0.15) is 0 Å². The van der Waals surface area contributed by atoms with E-state index in [1.165, 1.54) is 12.1 Å². The highest BCUT2D eigenvalue weighted by atomic mass is 31.1. The molecule has 0 saturated carbocycles. The molecule has 0 amide bonds. The molecule has 0 bridgehead atoms. The van der Waals surface area contributed by atoms with Gasteiger partial charge in [0.25, 0.3) is 11.4 Å². The Morgan fingerprint density at radius 1 is 0.909 bits per heavy atom. The number of fused-ring (bicyclic) bond motifs is 2. The topological polar surface area (TPSA) is 89.5 Å². The molecule has 0 fully saturated rings. The second-order valence-electron chi connectivity index (χ2n) is 4.98. The summed E-state index contributed by atoms with van der Waals surface area (Å²) in [4.78, 5) is 23.0. The van der Waals surface area contributed by atoms with Gasteiger partial charge in [-0.15, -0.1) is 0 Å². The van der Waals surface area contributed by atoms with Crippen molar-refractivity contribution in [1.29, 1.82) is 0 Å². The van der Waals surface area contributed by atoms with Gasteiger partial charge in [-0.25, -0.2) is 0 Å². The lowest BCUT2D eigenvalue weighted by molar-refractivity contribution is -0.384. The van der Waals surface area contributed by atoms with Crippen molar-refractivity contribution in [2.45, 2.75) is 0 Å². The van der Waals surface area contributed by atoms with E-state index in [0.717, 1.165) is 22.0 Å². The number of nitrogens with zero attached hydrogens (tertiary/aromatic N) is 3. The van der Waals surface area contributed by atoms with Gasteiger partial charge in [0.2, 0.25) is 0 Å². The molecular weight excluding hydrogens is 305 g/mol. The molecule has 1 heterocycles. The Bertz CT molecular complexity index is 743. The van der Waals surface area contributed by atoms with Crippen LogP contribution in [0.15, 0.2) is 36.4 Å². The predicted octanol–water partition coefficient (Wildman–Crippen LogP) is 2.65. The summed E-state index contributed by atoms with van der Waals surface area (Å²) in [6.45, 7) is 1.97. The van der Waals surface area contributed by atoms with Crippen LogP contribution in [-0.2, 0) is 0 Å². The van der Waals surface area contributed by atoms with Gasteiger partial charge in [-0.2, -0.15) is 0 Å². The molecule has 0 saturated heterocycles. The molecule has 0 N–H and O–H groups in total. The summed E-state index contributed by atoms with van der Waals surface area (Å²) in [5.74, 6) is 0. The van der Waals surface area contributed by atoms with E-state index in [9.17, 15) is 20.2 Å². The molecule has 0 aliphatic carbocycles. The van der Waals surface area contributed by atoms with Crippen LogP contribution in [0.4, 0.5) is 22.7 Å². The number of hydrogen-bond donors (Lipinski definition) is 0. The Hall–Kier alpha value is -2.53. The largest absolute Gasteiger partial charge is 0.344 e. The number of rotatable bonds is 2. The van der Waals surface area contributed by atoms with Crippen molar-refractivity contribution >= 4 is 41.3 Å². The van der Waals surface area contributed by atoms with Gasteiger partial charge in [-0.3, -0.25) is 20.2 Å². The van der Waals surface area contributed by atoms with Crippen molar-refractivity contribution in [2.24, 2.45) is 0 Å². The molecule has 1 aliphatic rings. The Kier molecular flexibility index (Phi) is 3.30. The maximum absolute atomic E-state index is 11.0. The number of hydrogen-bond acceptors (Lipinski definition) is 5. The summed E-state index contributed by atoms with van der Waals surface area (Å²) in [5.41, 5.74) is 1.88. The molecule has 2 aromatic rings. The van der Waals surface area contributed by atoms with Crippen LogP contribution < -0.4 is 15.5 Å². The number of benzene rings is 2. The van der Waals surface area contributed by atoms with Gasteiger partial charge < -0.3 is 4.90 Å². The lowest BCUT2D eigenvalue weighted by Crippen LogP contribution is -2.30. The second-order valence-corrected chi connectivity index (χ2v) is 7.06. The summed E-state index contributed by atoms with van der Waals surface area (Å²) in [7, 11) is 0.976. The Morgan fingerprint density at radius 2 is 1.32 bits per heavy atom. The molecule has 0 radical (unpaired) electrons. The van der Waals surface area contributed by atoms with E-state index in [0.29, 0.717) is 0 Å². The molecule has 0 aromatic heterocycles. The Labute approximate surface area is 127 Å². The van der Waals surface area contributed by atoms with E-state index in [2.05, 4.69) is 0 Å². The van der Waals surface area contributed by atoms with Crippen LogP contribution in [0.25, 0.3) is 0 Å². The van der Waals surface area contributed by atoms with Gasteiger partial charge in [0.1, 0.15) is 0 Å². The Balaban J connectivity index is 2.19. The number of nitro benzene ring substituents is 2. The minimum Gasteiger partial charge on any atom is -0.344 e. The van der Waals surface area contributed by atoms with E-state index < -0.39 is 17.8 Å². The smallest absolute Gasteiger partial charge is 0.270 e. The van der Waals surface area contributed by atoms with Crippen molar-refractivity contribution in [1.82, 2.24) is 0 Å². The summed E-state index contributed by atoms with van der Waals surface area (Å²) in [6, 6.07) is 9.57. The van der Waals surface area contributed by atoms with E-state index in [1.807, 2.05) is 18.6 Å². The lowest BCUT2D eigenvalue weighted by atomic mass is 10.2. The minimum atomic E-state index is -0.882. The van der Waals surface area contributed by atoms with Crippen LogP contribution in [0.5, 0.6) is 0 Å². The molecule has 112 valence electrons. The monoisotopic (exact) mass is 317 g/mol. The first-order valence-corrected chi connectivity index (χ1v) is 8.23. The maximum Gasteiger partial charge on any atom is 0.270 e. The van der Waals surface area contributed by atoms with Gasteiger partial charge in [0.15, 0.2) is 0 Å². The van der Waals surface area contributed by atoms with Crippen LogP contribution >= 0.6 is 7.92 Å². The Morgan fingerprint density at radius 3 is 1.68 bits per heavy atom. The molecule has 1 aliphatic heterocycles. The minimum absolute atomic E-state index is 0.0374. The first kappa shape index (κ1) is 14.4. The fraction of sp³-hybridized carbons (Fsp3) is 0.143. The highest BCUT2D eigenvalue weighted by Crippen LogP contribution is 2.44. The van der Waals surface area contributed by atoms with E-state index in [1.54, 1.807) is 24.3 Å². The first-order chi connectivity index (χ1) is 10.4. The van der Waals surface area contributed by atoms with Crippen molar-refractivity contribution in [3.8, 4) is 0 Å². The van der Waals surface area contributed by atoms with Crippen molar-refractivity contribution < 1.29 is 9.85 Å². The number of non-ortho nitro benzene ring substituents is 2. The molecule has 0 spiro atoms. The molecule has 0 atom stereocenters. The summed E-state index contributed by atoms with van der Waals surface area (Å²) < 4.78 is 0. The van der Waals surface area contributed by atoms with Gasteiger partial charge in [-0.1, -0.05) is 0 Å². The zero-order valence-corrected chi connectivity index (χ0v) is 12.8. The van der Waals surface area contributed by atoms with Crippen LogP contribution in [-0.4, -0.2) is 23.6 Å². The van der Waals surface area contributed by atoms with Crippen LogP contribution in [0.3, 0.4) is 0 Å². The van der Waals surface area contributed by atoms with Gasteiger partial charge in [0, 0.05) is 53.3 Å². The predicted molar refractivity (Wildman–Crippen MR) is 86.4 cm³/mol. The first-order valence-electron chi connectivity index (χ1n) is 6.44. The molecule has 8 heteroatoms. The third-order valence-electron chi connectivity index (χ3n) is 3.79. The van der Waals surface area contributed by atoms with Gasteiger partial charge >= 0.3 is 0 Å². The molecule has 2 aromatic carbocycles. The van der Waals surface area contributed by atoms with Gasteiger partial charge in [-0.05, 0) is 26.7 Å². The lowest BCUT2D eigenvalue weighted by Gasteiger charge is -2.33. The molecular formula is C14H12N3O4P. The zero-order valence-electron chi connectivity index (χ0n) is 11.9. The third-order valence-corrected chi connectivity index (χ3v) is 5.95. The molecule has 3 rings (SSSR count). The highest BCUT2D eigenvalue weighted by molar-refractivity contribution is 7.73. The highest BCUT2D eigenvalue weighted by Gasteiger charge is 2.29. The van der Waals surface area contributed by atoms with Crippen molar-refractivity contribution in [2.75, 3.05) is 18.6 Å². The van der Waals surface area contributed by atoms with E-state index >= 15 is 0 Å². The third kappa shape index (κ3) is 2.10. The average Bonchev–Trinajstić information content (AvgIpc) is 2.51. The van der Waals surface area contributed by atoms with Crippen LogP contribution in [0, 0.1) is 20.2 Å². The molecule has 0 unspecified atom stereocenters. The molecule has 22 heavy (non-hydrogen) atoms. The number of nitro groups is 2. The fourth-order valence-corrected chi connectivity index (χ4v) is 4.66. The average molecular weight is 317 g/mol. The summed E-state index contributed by atoms with van der Waals surface area (Å²) in [5, 5.41) is 23.7. The van der Waals surface area contributed by atoms with E-state index in [-0.39, 0.29) is 11.4 Å². The van der Waals surface area contributed by atoms with Crippen molar-refractivity contribution in [3.05, 3.63) is 56.6 Å². The second kappa shape index (κ2) is 5.03. The summed E-state index contributed by atoms with van der Waals surface area (Å²) >= 11 is 0. The van der Waals surface area contributed by atoms with E-state index in [4.69, 9.17) is 0 Å². The van der Waals surface area contributed by atoms with Gasteiger partial charge in [0.05, 0.1) is 9.85 Å². The van der Waals surface area contributed by atoms with Crippen LogP contribution in [0.2, 0.25) is 0 Å². The normalized spacial score (nSPS) is 13.5. The SMILES string of the molecule is CN1c2ccc([N+](=O)[O-])cc2P(C)c2cc([N+](=O)[O-])ccc21. The quantitative estimate of drug-likeness (QED) is 0.482. The summed E-state index contributed by atoms with van der Waals surface area (Å²) in [6.07, 6.45) is 0. The number of anilines is 2. The maximum atomic E-state index is 11.0.